The predicted octanol–water partition coefficient (Wildman–Crippen LogP) is 11.1. The van der Waals surface area contributed by atoms with Crippen LogP contribution < -0.4 is 0 Å². The van der Waals surface area contributed by atoms with E-state index in [1.807, 2.05) is 26.1 Å². The number of allylic oxidation sites excluding steroid dienone is 10. The first kappa shape index (κ1) is 32.9. The molecular weight excluding hydrogens is 501 g/mol. The number of nitrogens with zero attached hydrogens (tertiary/aromatic N) is 1. The molecule has 0 N–H and O–H groups in total. The van der Waals surface area contributed by atoms with Gasteiger partial charge in [-0.1, -0.05) is 109 Å². The van der Waals surface area contributed by atoms with E-state index in [1.165, 1.54) is 48.0 Å². The van der Waals surface area contributed by atoms with E-state index < -0.39 is 0 Å². The molecule has 4 unspecified atom stereocenters. The van der Waals surface area contributed by atoms with Gasteiger partial charge in [0, 0.05) is 24.9 Å². The Morgan fingerprint density at radius 2 is 1.78 bits per heavy atom. The molecule has 224 valence electrons. The summed E-state index contributed by atoms with van der Waals surface area (Å²) in [5.41, 5.74) is 9.78. The number of benzene rings is 1. The number of aryl methyl sites for hydroxylation is 2. The maximum Gasteiger partial charge on any atom is 0.119 e. The SMILES string of the molecule is C=CN(CC)CCC.CC.CC1(C)CCC2=CC3=C(C=C4C5C=C(F)C=CC5C43)CC21C.CCc1ccccc1C. The smallest absolute Gasteiger partial charge is 0.119 e. The van der Waals surface area contributed by atoms with Gasteiger partial charge in [-0.2, -0.15) is 0 Å². The number of fused-ring (bicyclic) bond motifs is 6. The molecule has 41 heavy (non-hydrogen) atoms. The molecule has 0 aliphatic heterocycles. The minimum absolute atomic E-state index is 0.0613. The van der Waals surface area contributed by atoms with Crippen LogP contribution in [0.4, 0.5) is 4.39 Å². The molecule has 0 amide bonds. The fraction of sp³-hybridized carbons (Fsp3) is 0.538. The van der Waals surface area contributed by atoms with Gasteiger partial charge in [-0.3, -0.25) is 0 Å². The van der Waals surface area contributed by atoms with Crippen molar-refractivity contribution in [2.24, 2.45) is 28.6 Å². The average Bonchev–Trinajstić information content (AvgIpc) is 3.40. The quantitative estimate of drug-likeness (QED) is 0.348. The third kappa shape index (κ3) is 6.58. The lowest BCUT2D eigenvalue weighted by atomic mass is 9.57. The van der Waals surface area contributed by atoms with Gasteiger partial charge in [0.2, 0.25) is 0 Å². The highest BCUT2D eigenvalue weighted by Crippen LogP contribution is 2.66. The molecule has 2 saturated carbocycles. The Morgan fingerprint density at radius 3 is 2.34 bits per heavy atom. The molecule has 4 atom stereocenters. The van der Waals surface area contributed by atoms with Crippen LogP contribution in [-0.4, -0.2) is 18.0 Å². The largest absolute Gasteiger partial charge is 0.378 e. The molecule has 0 heterocycles. The molecule has 5 aliphatic carbocycles. The molecule has 0 radical (unpaired) electrons. The number of halogens is 1. The summed E-state index contributed by atoms with van der Waals surface area (Å²) in [6.07, 6.45) is 18.5. The zero-order chi connectivity index (χ0) is 30.4. The molecule has 0 saturated heterocycles. The lowest BCUT2D eigenvalue weighted by molar-refractivity contribution is 0.163. The third-order valence-corrected chi connectivity index (χ3v) is 10.3. The van der Waals surface area contributed by atoms with Crippen LogP contribution in [0, 0.1) is 35.5 Å². The highest BCUT2D eigenvalue weighted by molar-refractivity contribution is 5.60. The second-order valence-corrected chi connectivity index (χ2v) is 12.8. The fourth-order valence-corrected chi connectivity index (χ4v) is 7.26. The van der Waals surface area contributed by atoms with Gasteiger partial charge in [-0.15, -0.1) is 0 Å². The Kier molecular flexibility index (Phi) is 11.3. The first-order chi connectivity index (χ1) is 19.6. The first-order valence-electron chi connectivity index (χ1n) is 16.2. The van der Waals surface area contributed by atoms with E-state index in [0.29, 0.717) is 28.6 Å². The van der Waals surface area contributed by atoms with Crippen molar-refractivity contribution < 1.29 is 4.39 Å². The van der Waals surface area contributed by atoms with Crippen molar-refractivity contribution in [3.63, 3.8) is 0 Å². The molecule has 1 nitrogen and oxygen atoms in total. The lowest BCUT2D eigenvalue weighted by Gasteiger charge is -2.46. The van der Waals surface area contributed by atoms with Gasteiger partial charge in [-0.05, 0) is 103 Å². The molecular formula is C39H56FN. The summed E-state index contributed by atoms with van der Waals surface area (Å²) in [5, 5.41) is 0. The molecule has 0 aromatic heterocycles. The van der Waals surface area contributed by atoms with Crippen LogP contribution in [0.2, 0.25) is 0 Å². The molecule has 2 fully saturated rings. The zero-order valence-electron chi connectivity index (χ0n) is 27.5. The first-order valence-corrected chi connectivity index (χ1v) is 16.2. The van der Waals surface area contributed by atoms with Crippen LogP contribution in [0.15, 0.2) is 95.5 Å². The van der Waals surface area contributed by atoms with Gasteiger partial charge >= 0.3 is 0 Å². The summed E-state index contributed by atoms with van der Waals surface area (Å²) in [6.45, 7) is 25.9. The van der Waals surface area contributed by atoms with E-state index in [9.17, 15) is 4.39 Å². The Balaban J connectivity index is 0.000000203. The summed E-state index contributed by atoms with van der Waals surface area (Å²) < 4.78 is 13.5. The summed E-state index contributed by atoms with van der Waals surface area (Å²) in [4.78, 5) is 2.19. The van der Waals surface area contributed by atoms with Gasteiger partial charge in [0.25, 0.3) is 0 Å². The molecule has 1 aromatic carbocycles. The molecule has 1 aromatic rings. The average molecular weight is 558 g/mol. The maximum absolute atomic E-state index is 13.5. The molecule has 0 spiro atoms. The van der Waals surface area contributed by atoms with Gasteiger partial charge in [-0.25, -0.2) is 4.39 Å². The minimum atomic E-state index is -0.0613. The zero-order valence-corrected chi connectivity index (χ0v) is 27.5. The highest BCUT2D eigenvalue weighted by Gasteiger charge is 2.55. The normalized spacial score (nSPS) is 27.3. The molecule has 6 rings (SSSR count). The van der Waals surface area contributed by atoms with Crippen molar-refractivity contribution in [1.82, 2.24) is 4.90 Å². The van der Waals surface area contributed by atoms with Gasteiger partial charge in [0.05, 0.1) is 0 Å². The summed E-state index contributed by atoms with van der Waals surface area (Å²) in [6, 6.07) is 8.49. The minimum Gasteiger partial charge on any atom is -0.378 e. The van der Waals surface area contributed by atoms with E-state index in [-0.39, 0.29) is 5.83 Å². The van der Waals surface area contributed by atoms with Crippen molar-refractivity contribution in [2.75, 3.05) is 13.1 Å². The Morgan fingerprint density at radius 1 is 1.07 bits per heavy atom. The highest BCUT2D eigenvalue weighted by atomic mass is 19.1. The fourth-order valence-electron chi connectivity index (χ4n) is 7.26. The van der Waals surface area contributed by atoms with Crippen LogP contribution in [0.5, 0.6) is 0 Å². The Hall–Kier alpha value is -2.61. The number of hydrogen-bond acceptors (Lipinski definition) is 1. The Labute approximate surface area is 251 Å². The van der Waals surface area contributed by atoms with Gasteiger partial charge in [0.1, 0.15) is 5.83 Å². The predicted molar refractivity (Wildman–Crippen MR) is 177 cm³/mol. The van der Waals surface area contributed by atoms with Crippen LogP contribution in [-0.2, 0) is 6.42 Å². The van der Waals surface area contributed by atoms with Crippen LogP contribution >= 0.6 is 0 Å². The second kappa shape index (κ2) is 14.0. The van der Waals surface area contributed by atoms with Gasteiger partial charge < -0.3 is 4.90 Å². The van der Waals surface area contributed by atoms with Crippen molar-refractivity contribution in [3.8, 4) is 0 Å². The summed E-state index contributed by atoms with van der Waals surface area (Å²) in [7, 11) is 0. The van der Waals surface area contributed by atoms with Crippen LogP contribution in [0.1, 0.15) is 92.2 Å². The second-order valence-electron chi connectivity index (χ2n) is 12.8. The third-order valence-electron chi connectivity index (χ3n) is 10.3. The van der Waals surface area contributed by atoms with Crippen LogP contribution in [0.25, 0.3) is 0 Å². The van der Waals surface area contributed by atoms with E-state index in [4.69, 9.17) is 0 Å². The van der Waals surface area contributed by atoms with Crippen molar-refractivity contribution in [2.45, 2.75) is 94.4 Å². The molecule has 0 bridgehead atoms. The van der Waals surface area contributed by atoms with E-state index in [1.54, 1.807) is 17.2 Å². The van der Waals surface area contributed by atoms with E-state index >= 15 is 0 Å². The topological polar surface area (TPSA) is 3.24 Å². The summed E-state index contributed by atoms with van der Waals surface area (Å²) >= 11 is 0. The summed E-state index contributed by atoms with van der Waals surface area (Å²) in [5.74, 6) is 1.30. The monoisotopic (exact) mass is 557 g/mol. The van der Waals surface area contributed by atoms with Crippen molar-refractivity contribution in [3.05, 3.63) is 107 Å². The van der Waals surface area contributed by atoms with Gasteiger partial charge in [0.15, 0.2) is 0 Å². The van der Waals surface area contributed by atoms with E-state index in [0.717, 1.165) is 19.5 Å². The standard InChI is InChI=1S/C21H23F.C9H12.C7H15N.C2H6/c1-20(2)7-6-13-9-16-12(11-21(13,20)3)8-18-17-10-14(22)4-5-15(17)19(16)18;1-3-9-7-5-4-6-8(9)2;1-4-7-8(5-2)6-3;1-2/h4-5,8-10,15,17,19H,6-7,11H2,1-3H3;4-7H,3H2,1-2H3;5H,2,4,6-7H2,1,3H3;1-2H3. The number of hydrogen-bond donors (Lipinski definition) is 0. The van der Waals surface area contributed by atoms with Crippen LogP contribution in [0.3, 0.4) is 0 Å². The maximum atomic E-state index is 13.5. The van der Waals surface area contributed by atoms with Crippen molar-refractivity contribution in [1.29, 1.82) is 0 Å². The lowest BCUT2D eigenvalue weighted by Crippen LogP contribution is -2.38. The number of rotatable bonds is 5. The molecule has 5 aliphatic rings. The van der Waals surface area contributed by atoms with Crippen molar-refractivity contribution >= 4 is 0 Å². The van der Waals surface area contributed by atoms with E-state index in [2.05, 4.69) is 102 Å². The Bertz CT molecular complexity index is 1220. The molecule has 2 heteroatoms.